The molecule has 0 aromatic heterocycles. The highest BCUT2D eigenvalue weighted by atomic mass is 16.5. The van der Waals surface area contributed by atoms with E-state index in [1.165, 1.54) is 0 Å². The largest absolute Gasteiger partial charge is 0.507 e. The maximum atomic E-state index is 12.7. The maximum absolute atomic E-state index is 12.7. The van der Waals surface area contributed by atoms with Crippen LogP contribution in [-0.2, 0) is 11.2 Å². The fraction of sp³-hybridized carbons (Fsp3) is 0.222. The van der Waals surface area contributed by atoms with E-state index in [0.717, 1.165) is 32.7 Å². The quantitative estimate of drug-likeness (QED) is 0.302. The minimum Gasteiger partial charge on any atom is -0.507 e. The van der Waals surface area contributed by atoms with Crippen molar-refractivity contribution in [3.63, 3.8) is 0 Å². The lowest BCUT2D eigenvalue weighted by Gasteiger charge is -2.21. The number of hydrogen-bond acceptors (Lipinski definition) is 3. The number of fused-ring (bicyclic) bond motifs is 2. The molecule has 4 rings (SSSR count). The van der Waals surface area contributed by atoms with Crippen LogP contribution in [0, 0.1) is 5.41 Å². The lowest BCUT2D eigenvalue weighted by Crippen LogP contribution is -2.25. The Morgan fingerprint density at radius 1 is 0.867 bits per heavy atom. The Hall–Kier alpha value is -3.33. The van der Waals surface area contributed by atoms with Gasteiger partial charge in [0.15, 0.2) is 0 Å². The summed E-state index contributed by atoms with van der Waals surface area (Å²) in [5.41, 5.74) is 1.68. The van der Waals surface area contributed by atoms with Crippen molar-refractivity contribution in [1.82, 2.24) is 0 Å². The van der Waals surface area contributed by atoms with Crippen LogP contribution in [0.15, 0.2) is 66.7 Å². The fourth-order valence-electron chi connectivity index (χ4n) is 3.76. The minimum absolute atomic E-state index is 0.237. The Labute approximate surface area is 176 Å². The minimum atomic E-state index is -0.641. The van der Waals surface area contributed by atoms with Crippen molar-refractivity contribution >= 4 is 27.5 Å². The molecule has 0 radical (unpaired) electrons. The first-order valence-corrected chi connectivity index (χ1v) is 10.3. The number of aryl methyl sites for hydroxylation is 1. The summed E-state index contributed by atoms with van der Waals surface area (Å²) in [6.07, 6.45) is 0.700. The lowest BCUT2D eigenvalue weighted by molar-refractivity contribution is -0.142. The van der Waals surface area contributed by atoms with Crippen molar-refractivity contribution in [2.45, 2.75) is 34.1 Å². The molecule has 0 unspecified atom stereocenters. The van der Waals surface area contributed by atoms with E-state index in [1.807, 2.05) is 94.4 Å². The first-order chi connectivity index (χ1) is 14.3. The molecule has 0 bridgehead atoms. The fourth-order valence-corrected chi connectivity index (χ4v) is 3.76. The number of rotatable bonds is 3. The van der Waals surface area contributed by atoms with Crippen LogP contribution in [0.2, 0.25) is 0 Å². The molecule has 0 saturated heterocycles. The summed E-state index contributed by atoms with van der Waals surface area (Å²) in [5.74, 6) is 0.386. The van der Waals surface area contributed by atoms with Crippen LogP contribution < -0.4 is 4.74 Å². The van der Waals surface area contributed by atoms with Crippen molar-refractivity contribution in [2.75, 3.05) is 0 Å². The number of hydrogen-bond donors (Lipinski definition) is 1. The Morgan fingerprint density at radius 3 is 2.10 bits per heavy atom. The molecule has 0 aliphatic rings. The Balaban J connectivity index is 2.11. The molecule has 3 heteroatoms. The molecule has 3 nitrogen and oxygen atoms in total. The summed E-state index contributed by atoms with van der Waals surface area (Å²) in [4.78, 5) is 12.7. The number of benzene rings is 4. The molecule has 0 spiro atoms. The zero-order chi connectivity index (χ0) is 21.5. The highest BCUT2D eigenvalue weighted by molar-refractivity contribution is 6.10. The van der Waals surface area contributed by atoms with Gasteiger partial charge in [-0.2, -0.15) is 0 Å². The van der Waals surface area contributed by atoms with Gasteiger partial charge in [0.1, 0.15) is 11.5 Å². The number of carbonyl (C=O) groups excluding carboxylic acids is 1. The summed E-state index contributed by atoms with van der Waals surface area (Å²) < 4.78 is 5.90. The molecule has 0 amide bonds. The highest BCUT2D eigenvalue weighted by Gasteiger charge is 2.27. The monoisotopic (exact) mass is 398 g/mol. The van der Waals surface area contributed by atoms with Crippen molar-refractivity contribution in [1.29, 1.82) is 0 Å². The predicted octanol–water partition coefficient (Wildman–Crippen LogP) is 6.88. The molecule has 30 heavy (non-hydrogen) atoms. The van der Waals surface area contributed by atoms with E-state index in [1.54, 1.807) is 0 Å². The van der Waals surface area contributed by atoms with E-state index in [2.05, 4.69) is 0 Å². The summed E-state index contributed by atoms with van der Waals surface area (Å²) in [7, 11) is 0. The standard InChI is InChI=1S/C27H26O3/c1-5-17-16-19-11-7-9-13-21(19)24(25(17)28)23-20-12-8-6-10-18(20)14-15-22(23)30-26(29)27(2,3)4/h6-16,28H,5H2,1-4H3. The van der Waals surface area contributed by atoms with Gasteiger partial charge in [-0.1, -0.05) is 61.5 Å². The van der Waals surface area contributed by atoms with Crippen LogP contribution in [0.4, 0.5) is 0 Å². The van der Waals surface area contributed by atoms with Crippen LogP contribution in [0.1, 0.15) is 33.3 Å². The zero-order valence-electron chi connectivity index (χ0n) is 17.8. The average Bonchev–Trinajstić information content (AvgIpc) is 2.73. The summed E-state index contributed by atoms with van der Waals surface area (Å²) in [6, 6.07) is 21.8. The zero-order valence-corrected chi connectivity index (χ0v) is 17.8. The van der Waals surface area contributed by atoms with Gasteiger partial charge in [-0.05, 0) is 66.4 Å². The molecule has 0 aliphatic carbocycles. The third-order valence-electron chi connectivity index (χ3n) is 5.44. The second-order valence-corrected chi connectivity index (χ2v) is 8.63. The number of phenols is 1. The molecular weight excluding hydrogens is 372 g/mol. The van der Waals surface area contributed by atoms with Gasteiger partial charge in [0.05, 0.1) is 5.41 Å². The van der Waals surface area contributed by atoms with Gasteiger partial charge in [0, 0.05) is 11.1 Å². The Kier molecular flexibility index (Phi) is 4.98. The number of phenolic OH excluding ortho intramolecular Hbond substituents is 1. The average molecular weight is 399 g/mol. The van der Waals surface area contributed by atoms with Gasteiger partial charge in [-0.15, -0.1) is 0 Å². The van der Waals surface area contributed by atoms with E-state index < -0.39 is 5.41 Å². The molecule has 0 saturated carbocycles. The summed E-state index contributed by atoms with van der Waals surface area (Å²) in [6.45, 7) is 7.53. The van der Waals surface area contributed by atoms with Gasteiger partial charge in [-0.25, -0.2) is 0 Å². The first kappa shape index (κ1) is 20.0. The van der Waals surface area contributed by atoms with E-state index in [0.29, 0.717) is 17.7 Å². The first-order valence-electron chi connectivity index (χ1n) is 10.3. The molecule has 4 aromatic rings. The van der Waals surface area contributed by atoms with Crippen LogP contribution in [0.3, 0.4) is 0 Å². The van der Waals surface area contributed by atoms with Crippen molar-refractivity contribution in [2.24, 2.45) is 5.41 Å². The number of esters is 1. The van der Waals surface area contributed by atoms with Crippen molar-refractivity contribution in [3.05, 3.63) is 72.3 Å². The van der Waals surface area contributed by atoms with E-state index in [4.69, 9.17) is 4.74 Å². The third kappa shape index (κ3) is 3.41. The van der Waals surface area contributed by atoms with Crippen molar-refractivity contribution < 1.29 is 14.6 Å². The molecule has 0 fully saturated rings. The Bertz CT molecular complexity index is 1260. The summed E-state index contributed by atoms with van der Waals surface area (Å²) in [5, 5.41) is 15.2. The maximum Gasteiger partial charge on any atom is 0.316 e. The van der Waals surface area contributed by atoms with Crippen LogP contribution in [0.5, 0.6) is 11.5 Å². The van der Waals surface area contributed by atoms with Crippen LogP contribution >= 0.6 is 0 Å². The normalized spacial score (nSPS) is 11.7. The van der Waals surface area contributed by atoms with Gasteiger partial charge in [-0.3, -0.25) is 4.79 Å². The summed E-state index contributed by atoms with van der Waals surface area (Å²) >= 11 is 0. The number of carbonyl (C=O) groups is 1. The molecule has 1 N–H and O–H groups in total. The van der Waals surface area contributed by atoms with Gasteiger partial charge >= 0.3 is 5.97 Å². The van der Waals surface area contributed by atoms with E-state index in [-0.39, 0.29) is 11.7 Å². The van der Waals surface area contributed by atoms with E-state index >= 15 is 0 Å². The van der Waals surface area contributed by atoms with Gasteiger partial charge in [0.25, 0.3) is 0 Å². The SMILES string of the molecule is CCc1cc2ccccc2c(-c2c(OC(=O)C(C)(C)C)ccc3ccccc23)c1O. The van der Waals surface area contributed by atoms with Crippen molar-refractivity contribution in [3.8, 4) is 22.6 Å². The second-order valence-electron chi connectivity index (χ2n) is 8.63. The second kappa shape index (κ2) is 7.49. The highest BCUT2D eigenvalue weighted by Crippen LogP contribution is 2.46. The molecule has 4 aromatic carbocycles. The molecule has 0 heterocycles. The smallest absolute Gasteiger partial charge is 0.316 e. The molecule has 152 valence electrons. The number of ether oxygens (including phenoxy) is 1. The van der Waals surface area contributed by atoms with Crippen LogP contribution in [-0.4, -0.2) is 11.1 Å². The Morgan fingerprint density at radius 2 is 1.47 bits per heavy atom. The van der Waals surface area contributed by atoms with Crippen LogP contribution in [0.25, 0.3) is 32.7 Å². The lowest BCUT2D eigenvalue weighted by atomic mass is 9.89. The third-order valence-corrected chi connectivity index (χ3v) is 5.44. The van der Waals surface area contributed by atoms with Gasteiger partial charge < -0.3 is 9.84 Å². The van der Waals surface area contributed by atoms with E-state index in [9.17, 15) is 9.90 Å². The number of aromatic hydroxyl groups is 1. The molecule has 0 aliphatic heterocycles. The molecule has 0 atom stereocenters. The van der Waals surface area contributed by atoms with Gasteiger partial charge in [0.2, 0.25) is 0 Å². The topological polar surface area (TPSA) is 46.5 Å². The predicted molar refractivity (Wildman–Crippen MR) is 123 cm³/mol. The molecular formula is C27H26O3.